The van der Waals surface area contributed by atoms with Crippen molar-refractivity contribution in [2.24, 2.45) is 0 Å². The highest BCUT2D eigenvalue weighted by Crippen LogP contribution is 2.22. The molecule has 1 saturated heterocycles. The van der Waals surface area contributed by atoms with Gasteiger partial charge in [-0.2, -0.15) is 0 Å². The zero-order valence-electron chi connectivity index (χ0n) is 8.53. The number of nitrogens with one attached hydrogen (secondary N) is 1. The fourth-order valence-corrected chi connectivity index (χ4v) is 1.99. The van der Waals surface area contributed by atoms with Crippen molar-refractivity contribution < 1.29 is 9.84 Å². The third kappa shape index (κ3) is 2.51. The predicted molar refractivity (Wildman–Crippen MR) is 63.1 cm³/mol. The van der Waals surface area contributed by atoms with Gasteiger partial charge in [0.15, 0.2) is 0 Å². The molecule has 1 aliphatic heterocycles. The number of aliphatic hydroxyl groups is 1. The first-order chi connectivity index (χ1) is 7.16. The molecule has 1 aromatic rings. The lowest BCUT2D eigenvalue weighted by atomic mass is 10.1. The molecule has 0 bridgehead atoms. The van der Waals surface area contributed by atoms with E-state index < -0.39 is 6.10 Å². The van der Waals surface area contributed by atoms with Gasteiger partial charge in [0.2, 0.25) is 0 Å². The number of aliphatic hydroxyl groups excluding tert-OH is 1. The molecule has 2 N–H and O–H groups in total. The van der Waals surface area contributed by atoms with Crippen LogP contribution >= 0.6 is 15.9 Å². The van der Waals surface area contributed by atoms with Crippen LogP contribution in [0.2, 0.25) is 0 Å². The first-order valence-electron chi connectivity index (χ1n) is 4.95. The average molecular weight is 272 g/mol. The highest BCUT2D eigenvalue weighted by atomic mass is 79.9. The van der Waals surface area contributed by atoms with Crippen LogP contribution in [-0.2, 0) is 4.74 Å². The summed E-state index contributed by atoms with van der Waals surface area (Å²) in [5.41, 5.74) is 2.20. The Kier molecular flexibility index (Phi) is 3.29. The van der Waals surface area contributed by atoms with E-state index in [-0.39, 0.29) is 6.04 Å². The Balaban J connectivity index is 2.12. The van der Waals surface area contributed by atoms with E-state index in [0.717, 1.165) is 15.7 Å². The minimum atomic E-state index is -0.414. The maximum atomic E-state index is 9.61. The predicted octanol–water partition coefficient (Wildman–Crippen LogP) is 1.93. The van der Waals surface area contributed by atoms with Gasteiger partial charge in [0.05, 0.1) is 25.4 Å². The van der Waals surface area contributed by atoms with E-state index in [2.05, 4.69) is 21.2 Å². The van der Waals surface area contributed by atoms with Gasteiger partial charge in [0, 0.05) is 10.2 Å². The first-order valence-corrected chi connectivity index (χ1v) is 5.74. The Morgan fingerprint density at radius 2 is 2.27 bits per heavy atom. The lowest BCUT2D eigenvalue weighted by Crippen LogP contribution is -2.32. The summed E-state index contributed by atoms with van der Waals surface area (Å²) in [6.45, 7) is 3.02. The highest BCUT2D eigenvalue weighted by molar-refractivity contribution is 9.10. The zero-order valence-corrected chi connectivity index (χ0v) is 10.1. The summed E-state index contributed by atoms with van der Waals surface area (Å²) in [7, 11) is 0. The Hall–Kier alpha value is -0.580. The average Bonchev–Trinajstić information content (AvgIpc) is 2.58. The molecule has 82 valence electrons. The molecule has 4 heteroatoms. The van der Waals surface area contributed by atoms with Crippen LogP contribution in [-0.4, -0.2) is 30.5 Å². The molecule has 1 fully saturated rings. The molecule has 0 aromatic heterocycles. The molecule has 0 aliphatic carbocycles. The second-order valence-electron chi connectivity index (χ2n) is 3.81. The Labute approximate surface area is 97.6 Å². The number of hydrogen-bond donors (Lipinski definition) is 2. The summed E-state index contributed by atoms with van der Waals surface area (Å²) >= 11 is 3.43. The Morgan fingerprint density at radius 1 is 1.47 bits per heavy atom. The molecule has 0 saturated carbocycles. The van der Waals surface area contributed by atoms with E-state index >= 15 is 0 Å². The van der Waals surface area contributed by atoms with Gasteiger partial charge in [-0.1, -0.05) is 22.0 Å². The molecular weight excluding hydrogens is 258 g/mol. The van der Waals surface area contributed by atoms with Crippen LogP contribution in [0.15, 0.2) is 22.7 Å². The molecule has 0 radical (unpaired) electrons. The number of anilines is 1. The number of hydrogen-bond acceptors (Lipinski definition) is 3. The van der Waals surface area contributed by atoms with Crippen molar-refractivity contribution in [2.75, 3.05) is 18.5 Å². The van der Waals surface area contributed by atoms with Crippen molar-refractivity contribution in [3.8, 4) is 0 Å². The van der Waals surface area contributed by atoms with Crippen molar-refractivity contribution in [3.63, 3.8) is 0 Å². The van der Waals surface area contributed by atoms with Gasteiger partial charge >= 0.3 is 0 Å². The van der Waals surface area contributed by atoms with Crippen molar-refractivity contribution in [2.45, 2.75) is 19.1 Å². The third-order valence-electron chi connectivity index (χ3n) is 2.59. The number of ether oxygens (including phenoxy) is 1. The lowest BCUT2D eigenvalue weighted by Gasteiger charge is -2.17. The second-order valence-corrected chi connectivity index (χ2v) is 4.73. The van der Waals surface area contributed by atoms with Crippen LogP contribution in [0.4, 0.5) is 5.69 Å². The van der Waals surface area contributed by atoms with Gasteiger partial charge < -0.3 is 15.2 Å². The summed E-state index contributed by atoms with van der Waals surface area (Å²) in [6, 6.07) is 6.05. The highest BCUT2D eigenvalue weighted by Gasteiger charge is 2.26. The van der Waals surface area contributed by atoms with Gasteiger partial charge in [0.25, 0.3) is 0 Å². The molecule has 15 heavy (non-hydrogen) atoms. The van der Waals surface area contributed by atoms with Crippen LogP contribution in [0.25, 0.3) is 0 Å². The second kappa shape index (κ2) is 4.51. The molecule has 0 spiro atoms. The molecule has 0 amide bonds. The number of halogens is 1. The van der Waals surface area contributed by atoms with E-state index in [9.17, 15) is 5.11 Å². The zero-order chi connectivity index (χ0) is 10.8. The molecular formula is C11H14BrNO2. The van der Waals surface area contributed by atoms with Crippen LogP contribution < -0.4 is 5.32 Å². The largest absolute Gasteiger partial charge is 0.388 e. The van der Waals surface area contributed by atoms with Gasteiger partial charge in [-0.3, -0.25) is 0 Å². The normalized spacial score (nSPS) is 25.5. The molecule has 2 rings (SSSR count). The monoisotopic (exact) mass is 271 g/mol. The van der Waals surface area contributed by atoms with Gasteiger partial charge in [-0.05, 0) is 24.6 Å². The van der Waals surface area contributed by atoms with E-state index in [4.69, 9.17) is 4.74 Å². The van der Waals surface area contributed by atoms with E-state index in [0.29, 0.717) is 13.2 Å². The van der Waals surface area contributed by atoms with E-state index in [1.807, 2.05) is 25.1 Å². The molecule has 1 aliphatic rings. The third-order valence-corrected chi connectivity index (χ3v) is 3.08. The quantitative estimate of drug-likeness (QED) is 0.864. The summed E-state index contributed by atoms with van der Waals surface area (Å²) < 4.78 is 6.22. The summed E-state index contributed by atoms with van der Waals surface area (Å²) in [5, 5.41) is 12.9. The van der Waals surface area contributed by atoms with Crippen LogP contribution in [0.1, 0.15) is 5.56 Å². The van der Waals surface area contributed by atoms with Gasteiger partial charge in [-0.15, -0.1) is 0 Å². The molecule has 1 heterocycles. The fourth-order valence-electron chi connectivity index (χ4n) is 1.63. The molecule has 2 unspecified atom stereocenters. The van der Waals surface area contributed by atoms with Crippen molar-refractivity contribution in [1.82, 2.24) is 0 Å². The summed E-state index contributed by atoms with van der Waals surface area (Å²) in [6.07, 6.45) is -0.414. The summed E-state index contributed by atoms with van der Waals surface area (Å²) in [5.74, 6) is 0. The maximum absolute atomic E-state index is 9.61. The minimum Gasteiger partial charge on any atom is -0.388 e. The van der Waals surface area contributed by atoms with E-state index in [1.165, 1.54) is 0 Å². The fraction of sp³-hybridized carbons (Fsp3) is 0.455. The number of rotatable bonds is 2. The van der Waals surface area contributed by atoms with Crippen molar-refractivity contribution >= 4 is 21.6 Å². The molecule has 1 aromatic carbocycles. The lowest BCUT2D eigenvalue weighted by molar-refractivity contribution is 0.125. The van der Waals surface area contributed by atoms with Gasteiger partial charge in [-0.25, -0.2) is 0 Å². The van der Waals surface area contributed by atoms with Crippen LogP contribution in [0, 0.1) is 6.92 Å². The minimum absolute atomic E-state index is 0.00185. The topological polar surface area (TPSA) is 41.5 Å². The van der Waals surface area contributed by atoms with Crippen molar-refractivity contribution in [3.05, 3.63) is 28.2 Å². The number of benzene rings is 1. The van der Waals surface area contributed by atoms with Crippen LogP contribution in [0.5, 0.6) is 0 Å². The molecule has 3 nitrogen and oxygen atoms in total. The Bertz CT molecular complexity index is 356. The standard InChI is InChI=1S/C11H14BrNO2/c1-7-2-3-8(12)4-9(7)13-10-5-15-6-11(10)14/h2-4,10-11,13-14H,5-6H2,1H3. The van der Waals surface area contributed by atoms with Gasteiger partial charge in [0.1, 0.15) is 0 Å². The number of aryl methyl sites for hydroxylation is 1. The molecule has 2 atom stereocenters. The van der Waals surface area contributed by atoms with Crippen LogP contribution in [0.3, 0.4) is 0 Å². The smallest absolute Gasteiger partial charge is 0.0996 e. The first kappa shape index (κ1) is 10.9. The van der Waals surface area contributed by atoms with E-state index in [1.54, 1.807) is 0 Å². The maximum Gasteiger partial charge on any atom is 0.0996 e. The van der Waals surface area contributed by atoms with Crippen molar-refractivity contribution in [1.29, 1.82) is 0 Å². The summed E-state index contributed by atoms with van der Waals surface area (Å²) in [4.78, 5) is 0. The Morgan fingerprint density at radius 3 is 2.93 bits per heavy atom. The SMILES string of the molecule is Cc1ccc(Br)cc1NC1COCC1O.